The lowest BCUT2D eigenvalue weighted by Gasteiger charge is -2.23. The number of carbonyl (C=O) groups is 1. The Morgan fingerprint density at radius 3 is 3.04 bits per heavy atom. The van der Waals surface area contributed by atoms with E-state index in [2.05, 4.69) is 10.3 Å². The second-order valence-electron chi connectivity index (χ2n) is 6.38. The van der Waals surface area contributed by atoms with Gasteiger partial charge in [-0.3, -0.25) is 18.9 Å². The number of likely N-dealkylation sites (tertiary alicyclic amines) is 1. The number of thiazole rings is 1. The predicted octanol–water partition coefficient (Wildman–Crippen LogP) is 3.67. The Morgan fingerprint density at radius 2 is 2.19 bits per heavy atom. The van der Waals surface area contributed by atoms with Crippen LogP contribution in [0.1, 0.15) is 18.5 Å². The molecule has 140 valence electrons. The summed E-state index contributed by atoms with van der Waals surface area (Å²) in [6.07, 6.45) is 3.35. The number of anilines is 1. The Labute approximate surface area is 169 Å². The molecule has 2 aromatic heterocycles. The van der Waals surface area contributed by atoms with Crippen LogP contribution in [0.15, 0.2) is 40.6 Å². The van der Waals surface area contributed by atoms with Gasteiger partial charge in [0.15, 0.2) is 4.96 Å². The molecule has 0 unspecified atom stereocenters. The van der Waals surface area contributed by atoms with Crippen molar-refractivity contribution in [2.45, 2.75) is 25.4 Å². The van der Waals surface area contributed by atoms with Crippen LogP contribution in [-0.2, 0) is 11.3 Å². The van der Waals surface area contributed by atoms with Crippen molar-refractivity contribution >= 4 is 51.1 Å². The molecular weight excluding hydrogens is 407 g/mol. The molecular formula is C18H16Cl2N4O2S. The molecule has 1 aliphatic rings. The monoisotopic (exact) mass is 422 g/mol. The van der Waals surface area contributed by atoms with Crippen LogP contribution >= 0.6 is 34.5 Å². The molecule has 1 atom stereocenters. The number of amides is 1. The van der Waals surface area contributed by atoms with E-state index < -0.39 is 0 Å². The molecule has 0 bridgehead atoms. The number of nitrogens with one attached hydrogen (secondary N) is 1. The second kappa shape index (κ2) is 7.59. The molecule has 4 rings (SSSR count). The van der Waals surface area contributed by atoms with E-state index in [1.807, 2.05) is 10.3 Å². The van der Waals surface area contributed by atoms with Crippen molar-refractivity contribution in [2.24, 2.45) is 0 Å². The van der Waals surface area contributed by atoms with E-state index in [1.54, 1.807) is 24.4 Å². The van der Waals surface area contributed by atoms with Crippen molar-refractivity contribution in [3.05, 3.63) is 61.9 Å². The zero-order chi connectivity index (χ0) is 19.0. The highest BCUT2D eigenvalue weighted by Crippen LogP contribution is 2.27. The number of fused-ring (bicyclic) bond motifs is 1. The van der Waals surface area contributed by atoms with Crippen LogP contribution in [0.2, 0.25) is 10.0 Å². The van der Waals surface area contributed by atoms with Crippen LogP contribution in [0.25, 0.3) is 4.96 Å². The SMILES string of the molecule is O=C(Nc1cc(Cl)ccc1Cl)[C@@H]1CCCN1Cc1cc(=O)n2ccsc2n1. The fourth-order valence-electron chi connectivity index (χ4n) is 3.30. The fourth-order valence-corrected chi connectivity index (χ4v) is 4.37. The molecule has 6 nitrogen and oxygen atoms in total. The highest BCUT2D eigenvalue weighted by Gasteiger charge is 2.31. The van der Waals surface area contributed by atoms with Crippen molar-refractivity contribution in [3.63, 3.8) is 0 Å². The minimum Gasteiger partial charge on any atom is -0.323 e. The Balaban J connectivity index is 1.52. The Morgan fingerprint density at radius 1 is 1.33 bits per heavy atom. The van der Waals surface area contributed by atoms with Gasteiger partial charge in [-0.05, 0) is 37.6 Å². The van der Waals surface area contributed by atoms with Crippen LogP contribution in [0.3, 0.4) is 0 Å². The number of rotatable bonds is 4. The second-order valence-corrected chi connectivity index (χ2v) is 8.10. The molecule has 0 radical (unpaired) electrons. The van der Waals surface area contributed by atoms with Crippen molar-refractivity contribution in [1.82, 2.24) is 14.3 Å². The van der Waals surface area contributed by atoms with E-state index in [0.717, 1.165) is 19.4 Å². The summed E-state index contributed by atoms with van der Waals surface area (Å²) in [5.41, 5.74) is 1.06. The molecule has 1 aliphatic heterocycles. The first kappa shape index (κ1) is 18.4. The van der Waals surface area contributed by atoms with Gasteiger partial charge in [0.2, 0.25) is 5.91 Å². The minimum absolute atomic E-state index is 0.109. The first-order valence-corrected chi connectivity index (χ1v) is 10.1. The molecule has 3 heterocycles. The number of benzene rings is 1. The molecule has 0 aliphatic carbocycles. The number of aromatic nitrogens is 2. The van der Waals surface area contributed by atoms with Crippen LogP contribution in [0.5, 0.6) is 0 Å². The van der Waals surface area contributed by atoms with Crippen LogP contribution < -0.4 is 10.9 Å². The van der Waals surface area contributed by atoms with Gasteiger partial charge in [-0.25, -0.2) is 4.98 Å². The summed E-state index contributed by atoms with van der Waals surface area (Å²) in [5, 5.41) is 5.64. The van der Waals surface area contributed by atoms with Gasteiger partial charge in [-0.15, -0.1) is 11.3 Å². The summed E-state index contributed by atoms with van der Waals surface area (Å²) in [4.78, 5) is 32.2. The third-order valence-electron chi connectivity index (χ3n) is 4.57. The zero-order valence-corrected chi connectivity index (χ0v) is 16.5. The van der Waals surface area contributed by atoms with Gasteiger partial charge in [-0.1, -0.05) is 23.2 Å². The molecule has 3 aromatic rings. The lowest BCUT2D eigenvalue weighted by Crippen LogP contribution is -2.39. The summed E-state index contributed by atoms with van der Waals surface area (Å²) in [6, 6.07) is 6.18. The Hall–Kier alpha value is -1.93. The third kappa shape index (κ3) is 3.87. The van der Waals surface area contributed by atoms with Crippen molar-refractivity contribution in [1.29, 1.82) is 0 Å². The fraction of sp³-hybridized carbons (Fsp3) is 0.278. The largest absolute Gasteiger partial charge is 0.323 e. The van der Waals surface area contributed by atoms with E-state index in [9.17, 15) is 9.59 Å². The number of carbonyl (C=O) groups excluding carboxylic acids is 1. The molecule has 1 aromatic carbocycles. The van der Waals surface area contributed by atoms with Gasteiger partial charge in [0, 0.05) is 29.2 Å². The van der Waals surface area contributed by atoms with Gasteiger partial charge >= 0.3 is 0 Å². The molecule has 1 amide bonds. The van der Waals surface area contributed by atoms with Crippen molar-refractivity contribution < 1.29 is 4.79 Å². The average Bonchev–Trinajstić information content (AvgIpc) is 3.27. The van der Waals surface area contributed by atoms with Gasteiger partial charge in [-0.2, -0.15) is 0 Å². The van der Waals surface area contributed by atoms with Crippen LogP contribution in [0, 0.1) is 0 Å². The summed E-state index contributed by atoms with van der Waals surface area (Å²) in [6.45, 7) is 1.22. The number of hydrogen-bond acceptors (Lipinski definition) is 5. The molecule has 1 saturated heterocycles. The molecule has 0 spiro atoms. The summed E-state index contributed by atoms with van der Waals surface area (Å²) in [5.74, 6) is -0.134. The average molecular weight is 423 g/mol. The van der Waals surface area contributed by atoms with Gasteiger partial charge in [0.25, 0.3) is 5.56 Å². The maximum absolute atomic E-state index is 12.8. The number of hydrogen-bond donors (Lipinski definition) is 1. The zero-order valence-electron chi connectivity index (χ0n) is 14.2. The summed E-state index contributed by atoms with van der Waals surface area (Å²) in [7, 11) is 0. The first-order chi connectivity index (χ1) is 13.0. The van der Waals surface area contributed by atoms with Crippen molar-refractivity contribution in [2.75, 3.05) is 11.9 Å². The maximum atomic E-state index is 12.8. The van der Waals surface area contributed by atoms with Gasteiger partial charge < -0.3 is 5.32 Å². The van der Waals surface area contributed by atoms with Crippen LogP contribution in [-0.4, -0.2) is 32.8 Å². The topological polar surface area (TPSA) is 66.7 Å². The third-order valence-corrected chi connectivity index (χ3v) is 5.90. The lowest BCUT2D eigenvalue weighted by molar-refractivity contribution is -0.120. The quantitative estimate of drug-likeness (QED) is 0.696. The highest BCUT2D eigenvalue weighted by molar-refractivity contribution is 7.15. The molecule has 9 heteroatoms. The predicted molar refractivity (Wildman–Crippen MR) is 108 cm³/mol. The molecule has 27 heavy (non-hydrogen) atoms. The van der Waals surface area contributed by atoms with Crippen LogP contribution in [0.4, 0.5) is 5.69 Å². The van der Waals surface area contributed by atoms with E-state index in [1.165, 1.54) is 21.8 Å². The Kier molecular flexibility index (Phi) is 5.19. The Bertz CT molecular complexity index is 1060. The number of halogens is 2. The lowest BCUT2D eigenvalue weighted by atomic mass is 10.2. The van der Waals surface area contributed by atoms with E-state index in [0.29, 0.717) is 32.9 Å². The minimum atomic E-state index is -0.302. The van der Waals surface area contributed by atoms with Gasteiger partial charge in [0.1, 0.15) is 0 Å². The van der Waals surface area contributed by atoms with Crippen molar-refractivity contribution in [3.8, 4) is 0 Å². The normalized spacial score (nSPS) is 17.5. The smallest absolute Gasteiger partial charge is 0.258 e. The number of nitrogens with zero attached hydrogens (tertiary/aromatic N) is 3. The molecule has 1 fully saturated rings. The highest BCUT2D eigenvalue weighted by atomic mass is 35.5. The first-order valence-electron chi connectivity index (χ1n) is 8.47. The maximum Gasteiger partial charge on any atom is 0.258 e. The standard InChI is InChI=1S/C18H16Cl2N4O2S/c19-11-3-4-13(20)14(8-11)22-17(26)15-2-1-5-23(15)10-12-9-16(25)24-6-7-27-18(24)21-12/h3-4,6-9,15H,1-2,5,10H2,(H,22,26)/t15-/m0/s1. The molecule has 1 N–H and O–H groups in total. The van der Waals surface area contributed by atoms with E-state index in [-0.39, 0.29) is 17.5 Å². The molecule has 0 saturated carbocycles. The van der Waals surface area contributed by atoms with E-state index in [4.69, 9.17) is 23.2 Å². The van der Waals surface area contributed by atoms with E-state index >= 15 is 0 Å². The van der Waals surface area contributed by atoms with Gasteiger partial charge in [0.05, 0.1) is 22.4 Å². The summed E-state index contributed by atoms with van der Waals surface area (Å²) >= 11 is 13.5. The summed E-state index contributed by atoms with van der Waals surface area (Å²) < 4.78 is 1.52.